The fourth-order valence-electron chi connectivity index (χ4n) is 3.32. The number of nitro groups is 1. The molecule has 2 amide bonds. The van der Waals surface area contributed by atoms with Gasteiger partial charge in [-0.15, -0.1) is 0 Å². The van der Waals surface area contributed by atoms with Crippen molar-refractivity contribution in [1.29, 1.82) is 0 Å². The number of benzene rings is 2. The highest BCUT2D eigenvalue weighted by molar-refractivity contribution is 7.89. The van der Waals surface area contributed by atoms with Gasteiger partial charge < -0.3 is 15.0 Å². The van der Waals surface area contributed by atoms with Crippen LogP contribution in [-0.4, -0.2) is 63.8 Å². The molecule has 13 heteroatoms. The summed E-state index contributed by atoms with van der Waals surface area (Å²) in [5.74, 6) is -2.19. The first kappa shape index (κ1) is 24.6. The maximum absolute atomic E-state index is 13.8. The first-order valence-electron chi connectivity index (χ1n) is 9.79. The van der Waals surface area contributed by atoms with Crippen molar-refractivity contribution in [3.63, 3.8) is 0 Å². The Balaban J connectivity index is 2.10. The van der Waals surface area contributed by atoms with Gasteiger partial charge in [-0.05, 0) is 36.4 Å². The Morgan fingerprint density at radius 3 is 2.53 bits per heavy atom. The van der Waals surface area contributed by atoms with Gasteiger partial charge >= 0.3 is 0 Å². The molecule has 1 aliphatic rings. The van der Waals surface area contributed by atoms with E-state index >= 15 is 0 Å². The van der Waals surface area contributed by atoms with Crippen LogP contribution in [0.5, 0.6) is 5.75 Å². The van der Waals surface area contributed by atoms with Crippen LogP contribution >= 0.6 is 0 Å². The number of hydrogen-bond donors (Lipinski definition) is 1. The normalized spacial score (nSPS) is 15.6. The highest BCUT2D eigenvalue weighted by Crippen LogP contribution is 2.31. The molecular weight excluding hydrogens is 471 g/mol. The molecule has 1 aliphatic heterocycles. The number of anilines is 1. The quantitative estimate of drug-likeness (QED) is 0.364. The van der Waals surface area contributed by atoms with Crippen LogP contribution in [-0.2, 0) is 19.6 Å². The third-order valence-corrected chi connectivity index (χ3v) is 6.72. The molecule has 0 bridgehead atoms. The standard InChI is InChI=1S/C21H21FN4O7S/c1-24(2)17-6-5-16(10-18(17)26(29)30)34(31,32)25-12-20(27)23-11-14(21(25)28)8-13-9-15(22)4-7-19(13)33-3/h4-10H,11-12H2,1-3H3,(H,23,27). The zero-order valence-electron chi connectivity index (χ0n) is 18.4. The SMILES string of the molecule is COc1ccc(F)cc1C=C1CNC(=O)CN(S(=O)(=O)c2ccc(N(C)C)c([N+](=O)[O-])c2)C1=O. The predicted molar refractivity (Wildman–Crippen MR) is 120 cm³/mol. The molecule has 2 aromatic carbocycles. The molecule has 0 saturated carbocycles. The minimum atomic E-state index is -4.66. The van der Waals surface area contributed by atoms with Gasteiger partial charge in [-0.25, -0.2) is 17.1 Å². The Kier molecular flexibility index (Phi) is 6.86. The number of ether oxygens (including phenoxy) is 1. The second kappa shape index (κ2) is 9.47. The van der Waals surface area contributed by atoms with E-state index in [-0.39, 0.29) is 29.1 Å². The van der Waals surface area contributed by atoms with E-state index < -0.39 is 49.7 Å². The average molecular weight is 492 g/mol. The highest BCUT2D eigenvalue weighted by atomic mass is 32.2. The van der Waals surface area contributed by atoms with Crippen LogP contribution in [0.3, 0.4) is 0 Å². The summed E-state index contributed by atoms with van der Waals surface area (Å²) < 4.78 is 45.8. The average Bonchev–Trinajstić information content (AvgIpc) is 2.92. The zero-order valence-corrected chi connectivity index (χ0v) is 19.3. The number of amides is 2. The topological polar surface area (TPSA) is 139 Å². The number of carbonyl (C=O) groups excluding carboxylic acids is 2. The Bertz CT molecular complexity index is 1310. The summed E-state index contributed by atoms with van der Waals surface area (Å²) in [6.07, 6.45) is 1.22. The van der Waals surface area contributed by atoms with E-state index in [1.165, 1.54) is 30.2 Å². The van der Waals surface area contributed by atoms with Gasteiger partial charge in [0.05, 0.1) is 16.9 Å². The number of hydrogen-bond acceptors (Lipinski definition) is 8. The van der Waals surface area contributed by atoms with E-state index in [9.17, 15) is 32.5 Å². The van der Waals surface area contributed by atoms with Crippen molar-refractivity contribution in [2.45, 2.75) is 4.90 Å². The summed E-state index contributed by atoms with van der Waals surface area (Å²) >= 11 is 0. The number of methoxy groups -OCH3 is 1. The second-order valence-corrected chi connectivity index (χ2v) is 9.31. The lowest BCUT2D eigenvalue weighted by Gasteiger charge is -2.21. The summed E-state index contributed by atoms with van der Waals surface area (Å²) in [5, 5.41) is 13.9. The van der Waals surface area contributed by atoms with Crippen molar-refractivity contribution in [3.05, 3.63) is 63.5 Å². The minimum absolute atomic E-state index is 0.155. The summed E-state index contributed by atoms with van der Waals surface area (Å²) in [5.41, 5.74) is -0.330. The largest absolute Gasteiger partial charge is 0.496 e. The lowest BCUT2D eigenvalue weighted by Crippen LogP contribution is -2.40. The molecule has 0 radical (unpaired) electrons. The summed E-state index contributed by atoms with van der Waals surface area (Å²) in [7, 11) is -0.216. The lowest BCUT2D eigenvalue weighted by molar-refractivity contribution is -0.384. The van der Waals surface area contributed by atoms with Crippen molar-refractivity contribution >= 4 is 39.3 Å². The van der Waals surface area contributed by atoms with Gasteiger partial charge in [0, 0.05) is 37.8 Å². The minimum Gasteiger partial charge on any atom is -0.496 e. The first-order valence-corrected chi connectivity index (χ1v) is 11.2. The smallest absolute Gasteiger partial charge is 0.293 e. The summed E-state index contributed by atoms with van der Waals surface area (Å²) in [6.45, 7) is -1.15. The van der Waals surface area contributed by atoms with Gasteiger partial charge in [0.2, 0.25) is 5.91 Å². The molecule has 34 heavy (non-hydrogen) atoms. The van der Waals surface area contributed by atoms with E-state index in [0.717, 1.165) is 24.3 Å². The monoisotopic (exact) mass is 492 g/mol. The summed E-state index contributed by atoms with van der Waals surface area (Å²) in [4.78, 5) is 37.1. The van der Waals surface area contributed by atoms with Crippen molar-refractivity contribution < 1.29 is 32.1 Å². The van der Waals surface area contributed by atoms with E-state index in [1.54, 1.807) is 14.1 Å². The molecule has 2 aromatic rings. The highest BCUT2D eigenvalue weighted by Gasteiger charge is 2.36. The fraction of sp³-hybridized carbons (Fsp3) is 0.238. The molecule has 180 valence electrons. The third kappa shape index (κ3) is 4.83. The van der Waals surface area contributed by atoms with Gasteiger partial charge in [-0.2, -0.15) is 0 Å². The Morgan fingerprint density at radius 2 is 1.91 bits per heavy atom. The number of halogens is 1. The predicted octanol–water partition coefficient (Wildman–Crippen LogP) is 1.54. The number of nitrogens with zero attached hydrogens (tertiary/aromatic N) is 3. The van der Waals surface area contributed by atoms with Crippen LogP contribution < -0.4 is 15.0 Å². The Hall–Kier alpha value is -4.00. The van der Waals surface area contributed by atoms with Crippen LogP contribution in [0, 0.1) is 15.9 Å². The van der Waals surface area contributed by atoms with Gasteiger partial charge in [-0.1, -0.05) is 0 Å². The van der Waals surface area contributed by atoms with Crippen molar-refractivity contribution in [2.75, 3.05) is 39.2 Å². The lowest BCUT2D eigenvalue weighted by atomic mass is 10.1. The maximum Gasteiger partial charge on any atom is 0.293 e. The molecule has 0 atom stereocenters. The number of nitro benzene ring substituents is 1. The van der Waals surface area contributed by atoms with Crippen LogP contribution in [0.15, 0.2) is 46.9 Å². The molecule has 11 nitrogen and oxygen atoms in total. The summed E-state index contributed by atoms with van der Waals surface area (Å²) in [6, 6.07) is 6.77. The van der Waals surface area contributed by atoms with Crippen molar-refractivity contribution in [3.8, 4) is 5.75 Å². The van der Waals surface area contributed by atoms with E-state index in [0.29, 0.717) is 4.31 Å². The zero-order chi connectivity index (χ0) is 25.2. The van der Waals surface area contributed by atoms with Crippen LogP contribution in [0.25, 0.3) is 6.08 Å². The van der Waals surface area contributed by atoms with Crippen LogP contribution in [0.4, 0.5) is 15.8 Å². The van der Waals surface area contributed by atoms with Gasteiger partial charge in [0.25, 0.3) is 21.6 Å². The molecule has 1 fully saturated rings. The van der Waals surface area contributed by atoms with Gasteiger partial charge in [-0.3, -0.25) is 19.7 Å². The third-order valence-electron chi connectivity index (χ3n) is 5.00. The second-order valence-electron chi connectivity index (χ2n) is 7.45. The van der Waals surface area contributed by atoms with Crippen LogP contribution in [0.2, 0.25) is 0 Å². The Morgan fingerprint density at radius 1 is 1.21 bits per heavy atom. The van der Waals surface area contributed by atoms with E-state index in [4.69, 9.17) is 4.74 Å². The Labute approximate surface area is 194 Å². The van der Waals surface area contributed by atoms with Crippen molar-refractivity contribution in [2.24, 2.45) is 0 Å². The molecule has 1 heterocycles. The molecule has 1 saturated heterocycles. The molecule has 1 N–H and O–H groups in total. The van der Waals surface area contributed by atoms with E-state index in [1.807, 2.05) is 0 Å². The molecular formula is C21H21FN4O7S. The molecule has 0 spiro atoms. The molecule has 0 unspecified atom stereocenters. The molecule has 0 aliphatic carbocycles. The number of carbonyl (C=O) groups is 2. The van der Waals surface area contributed by atoms with Crippen LogP contribution in [0.1, 0.15) is 5.56 Å². The van der Waals surface area contributed by atoms with Crippen molar-refractivity contribution in [1.82, 2.24) is 9.62 Å². The fourth-order valence-corrected chi connectivity index (χ4v) is 4.69. The number of nitrogens with one attached hydrogen (secondary N) is 1. The first-order chi connectivity index (χ1) is 15.9. The van der Waals surface area contributed by atoms with Gasteiger partial charge in [0.1, 0.15) is 23.8 Å². The maximum atomic E-state index is 13.8. The molecule has 0 aromatic heterocycles. The molecule has 3 rings (SSSR count). The van der Waals surface area contributed by atoms with Gasteiger partial charge in [0.15, 0.2) is 0 Å². The number of rotatable bonds is 6. The van der Waals surface area contributed by atoms with E-state index in [2.05, 4.69) is 5.32 Å². The number of sulfonamides is 1.